The molecule has 0 amide bonds. The summed E-state index contributed by atoms with van der Waals surface area (Å²) in [7, 11) is 1.55. The van der Waals surface area contributed by atoms with Crippen LogP contribution in [0.5, 0.6) is 11.5 Å². The van der Waals surface area contributed by atoms with E-state index in [1.807, 2.05) is 12.1 Å². The largest absolute Gasteiger partial charge is 0.493 e. The van der Waals surface area contributed by atoms with Gasteiger partial charge in [-0.05, 0) is 74.1 Å². The van der Waals surface area contributed by atoms with Gasteiger partial charge in [0.2, 0.25) is 0 Å². The van der Waals surface area contributed by atoms with Crippen molar-refractivity contribution in [2.24, 2.45) is 0 Å². The molecule has 192 valence electrons. The number of benzene rings is 2. The van der Waals surface area contributed by atoms with Crippen LogP contribution in [0.15, 0.2) is 42.5 Å². The quantitative estimate of drug-likeness (QED) is 0.157. The Morgan fingerprint density at radius 3 is 2.28 bits per heavy atom. The Bertz CT molecular complexity index is 1060. The third kappa shape index (κ3) is 10.4. The van der Waals surface area contributed by atoms with E-state index in [9.17, 15) is 9.59 Å². The molecule has 0 aliphatic heterocycles. The van der Waals surface area contributed by atoms with Gasteiger partial charge in [-0.1, -0.05) is 6.07 Å². The molecule has 0 spiro atoms. The normalized spacial score (nSPS) is 10.6. The second kappa shape index (κ2) is 15.7. The minimum atomic E-state index is -0.462. The Balaban J connectivity index is 1.65. The van der Waals surface area contributed by atoms with Gasteiger partial charge >= 0.3 is 11.9 Å². The molecule has 2 rings (SSSR count). The molecule has 2 aromatic carbocycles. The van der Waals surface area contributed by atoms with Crippen molar-refractivity contribution in [1.82, 2.24) is 0 Å². The first kappa shape index (κ1) is 28.1. The van der Waals surface area contributed by atoms with Crippen LogP contribution in [0, 0.1) is 11.3 Å². The Kier molecular flexibility index (Phi) is 12.2. The van der Waals surface area contributed by atoms with Crippen molar-refractivity contribution in [3.8, 4) is 17.6 Å². The molecule has 9 nitrogen and oxygen atoms in total. The second-order valence-electron chi connectivity index (χ2n) is 7.96. The molecule has 0 aliphatic rings. The number of ether oxygens (including phenoxy) is 4. The van der Waals surface area contributed by atoms with Crippen molar-refractivity contribution >= 4 is 29.4 Å². The lowest BCUT2D eigenvalue weighted by Crippen LogP contribution is -2.08. The highest BCUT2D eigenvalue weighted by atomic mass is 16.5. The van der Waals surface area contributed by atoms with Gasteiger partial charge in [0.25, 0.3) is 0 Å². The summed E-state index contributed by atoms with van der Waals surface area (Å²) in [5.74, 6) is 0.282. The average molecular weight is 496 g/mol. The van der Waals surface area contributed by atoms with Crippen LogP contribution in [0.25, 0.3) is 6.08 Å². The van der Waals surface area contributed by atoms with E-state index in [0.717, 1.165) is 31.2 Å². The zero-order valence-corrected chi connectivity index (χ0v) is 20.5. The molecule has 0 unspecified atom stereocenters. The predicted molar refractivity (Wildman–Crippen MR) is 137 cm³/mol. The van der Waals surface area contributed by atoms with Crippen LogP contribution in [0.4, 0.5) is 11.4 Å². The summed E-state index contributed by atoms with van der Waals surface area (Å²) in [5.41, 5.74) is 13.4. The minimum Gasteiger partial charge on any atom is -0.493 e. The first-order chi connectivity index (χ1) is 17.4. The lowest BCUT2D eigenvalue weighted by Gasteiger charge is -2.11. The van der Waals surface area contributed by atoms with E-state index >= 15 is 0 Å². The number of unbranched alkanes of at least 4 members (excludes halogenated alkanes) is 4. The molecule has 0 aliphatic carbocycles. The lowest BCUT2D eigenvalue weighted by molar-refractivity contribution is -0.137. The SMILES string of the molecule is COc1cc(/C=C/C(=O)OCCCC#N)ccc1OCCCCCCOC(=O)c1cc(N)cc(N)c1. The smallest absolute Gasteiger partial charge is 0.338 e. The summed E-state index contributed by atoms with van der Waals surface area (Å²) in [6, 6.07) is 12.1. The molecular formula is C27H33N3O6. The number of methoxy groups -OCH3 is 1. The highest BCUT2D eigenvalue weighted by Crippen LogP contribution is 2.29. The summed E-state index contributed by atoms with van der Waals surface area (Å²) in [6.45, 7) is 1.06. The topological polar surface area (TPSA) is 147 Å². The number of carbonyl (C=O) groups is 2. The number of carbonyl (C=O) groups excluding carboxylic acids is 2. The third-order valence-corrected chi connectivity index (χ3v) is 5.02. The molecule has 0 atom stereocenters. The Morgan fingerprint density at radius 2 is 1.58 bits per heavy atom. The molecule has 0 saturated heterocycles. The highest BCUT2D eigenvalue weighted by Gasteiger charge is 2.09. The fourth-order valence-corrected chi connectivity index (χ4v) is 3.23. The van der Waals surface area contributed by atoms with Crippen molar-refractivity contribution in [2.75, 3.05) is 38.4 Å². The van der Waals surface area contributed by atoms with Crippen LogP contribution in [-0.2, 0) is 14.3 Å². The molecule has 0 heterocycles. The summed E-state index contributed by atoms with van der Waals surface area (Å²) in [4.78, 5) is 23.8. The van der Waals surface area contributed by atoms with Crippen LogP contribution < -0.4 is 20.9 Å². The van der Waals surface area contributed by atoms with E-state index in [2.05, 4.69) is 0 Å². The molecule has 0 saturated carbocycles. The van der Waals surface area contributed by atoms with E-state index in [1.54, 1.807) is 43.5 Å². The Labute approximate surface area is 211 Å². The van der Waals surface area contributed by atoms with Gasteiger partial charge in [0.05, 0.1) is 38.6 Å². The average Bonchev–Trinajstić information content (AvgIpc) is 2.86. The van der Waals surface area contributed by atoms with E-state index < -0.39 is 11.9 Å². The maximum absolute atomic E-state index is 12.1. The molecule has 0 radical (unpaired) electrons. The molecule has 0 fully saturated rings. The molecule has 36 heavy (non-hydrogen) atoms. The van der Waals surface area contributed by atoms with Gasteiger partial charge in [0, 0.05) is 23.9 Å². The molecular weight excluding hydrogens is 462 g/mol. The van der Waals surface area contributed by atoms with Gasteiger partial charge in [0.15, 0.2) is 11.5 Å². The number of hydrogen-bond acceptors (Lipinski definition) is 9. The van der Waals surface area contributed by atoms with E-state index in [0.29, 0.717) is 54.5 Å². The van der Waals surface area contributed by atoms with E-state index in [1.165, 1.54) is 6.08 Å². The summed E-state index contributed by atoms with van der Waals surface area (Å²) >= 11 is 0. The number of nitriles is 1. The van der Waals surface area contributed by atoms with Crippen LogP contribution >= 0.6 is 0 Å². The molecule has 2 aromatic rings. The number of rotatable bonds is 15. The zero-order chi connectivity index (χ0) is 26.2. The van der Waals surface area contributed by atoms with Gasteiger partial charge in [0.1, 0.15) is 0 Å². The molecule has 0 aromatic heterocycles. The standard InChI is InChI=1S/C27H33N3O6/c1-33-25-16-20(9-11-26(31)35-14-7-4-12-28)8-10-24(25)34-13-5-2-3-6-15-36-27(32)21-17-22(29)19-23(30)18-21/h8-11,16-19H,2-7,13-15,29-30H2,1H3/b11-9+. The van der Waals surface area contributed by atoms with Gasteiger partial charge in [-0.15, -0.1) is 0 Å². The predicted octanol–water partition coefficient (Wildman–Crippen LogP) is 4.52. The molecule has 9 heteroatoms. The minimum absolute atomic E-state index is 0.219. The van der Waals surface area contributed by atoms with E-state index in [-0.39, 0.29) is 6.61 Å². The van der Waals surface area contributed by atoms with Gasteiger partial charge in [-0.2, -0.15) is 5.26 Å². The fraction of sp³-hybridized carbons (Fsp3) is 0.370. The van der Waals surface area contributed by atoms with Gasteiger partial charge in [-0.3, -0.25) is 0 Å². The number of nitrogens with zero attached hydrogens (tertiary/aromatic N) is 1. The number of hydrogen-bond donors (Lipinski definition) is 2. The summed E-state index contributed by atoms with van der Waals surface area (Å²) in [6.07, 6.45) is 7.23. The Hall–Kier alpha value is -4.19. The third-order valence-electron chi connectivity index (χ3n) is 5.02. The van der Waals surface area contributed by atoms with Crippen molar-refractivity contribution in [1.29, 1.82) is 5.26 Å². The van der Waals surface area contributed by atoms with Crippen LogP contribution in [0.3, 0.4) is 0 Å². The number of esters is 2. The van der Waals surface area contributed by atoms with E-state index in [4.69, 9.17) is 35.7 Å². The highest BCUT2D eigenvalue weighted by molar-refractivity contribution is 5.91. The number of nitrogens with two attached hydrogens (primary N) is 2. The van der Waals surface area contributed by atoms with Gasteiger partial charge < -0.3 is 30.4 Å². The van der Waals surface area contributed by atoms with Crippen LogP contribution in [-0.4, -0.2) is 38.9 Å². The molecule has 4 N–H and O–H groups in total. The van der Waals surface area contributed by atoms with Crippen molar-refractivity contribution < 1.29 is 28.5 Å². The second-order valence-corrected chi connectivity index (χ2v) is 7.96. The summed E-state index contributed by atoms with van der Waals surface area (Å²) < 4.78 is 21.5. The maximum atomic E-state index is 12.1. The van der Waals surface area contributed by atoms with Gasteiger partial charge in [-0.25, -0.2) is 9.59 Å². The van der Waals surface area contributed by atoms with Crippen LogP contribution in [0.2, 0.25) is 0 Å². The molecule has 0 bridgehead atoms. The maximum Gasteiger partial charge on any atom is 0.338 e. The van der Waals surface area contributed by atoms with Crippen molar-refractivity contribution in [3.63, 3.8) is 0 Å². The monoisotopic (exact) mass is 495 g/mol. The fourth-order valence-electron chi connectivity index (χ4n) is 3.23. The zero-order valence-electron chi connectivity index (χ0n) is 20.5. The number of nitrogen functional groups attached to an aromatic ring is 2. The first-order valence-corrected chi connectivity index (χ1v) is 11.8. The lowest BCUT2D eigenvalue weighted by atomic mass is 10.1. The summed E-state index contributed by atoms with van der Waals surface area (Å²) in [5, 5.41) is 8.48. The Morgan fingerprint density at radius 1 is 0.889 bits per heavy atom. The number of anilines is 2. The van der Waals surface area contributed by atoms with Crippen LogP contribution in [0.1, 0.15) is 54.4 Å². The van der Waals surface area contributed by atoms with Crippen molar-refractivity contribution in [3.05, 3.63) is 53.6 Å². The first-order valence-electron chi connectivity index (χ1n) is 11.8. The van der Waals surface area contributed by atoms with Crippen molar-refractivity contribution in [2.45, 2.75) is 38.5 Å².